The van der Waals surface area contributed by atoms with Crippen molar-refractivity contribution in [3.8, 4) is 0 Å². The summed E-state index contributed by atoms with van der Waals surface area (Å²) in [5.41, 5.74) is 5.36. The summed E-state index contributed by atoms with van der Waals surface area (Å²) in [5, 5.41) is 0. The van der Waals surface area contributed by atoms with Gasteiger partial charge in [0.1, 0.15) is 0 Å². The van der Waals surface area contributed by atoms with Crippen molar-refractivity contribution in [3.05, 3.63) is 82.7 Å². The van der Waals surface area contributed by atoms with E-state index in [0.29, 0.717) is 12.8 Å². The molecule has 4 rings (SSSR count). The Hall–Kier alpha value is -2.46. The Balaban J connectivity index is 1.80. The average molecular weight is 420 g/mol. The lowest BCUT2D eigenvalue weighted by Gasteiger charge is -2.30. The van der Waals surface area contributed by atoms with Gasteiger partial charge in [-0.15, -0.1) is 0 Å². The predicted octanol–water partition coefficient (Wildman–Crippen LogP) is 5.73. The van der Waals surface area contributed by atoms with Crippen molar-refractivity contribution >= 4 is 16.6 Å². The predicted molar refractivity (Wildman–Crippen MR) is 122 cm³/mol. The zero-order valence-corrected chi connectivity index (χ0v) is 19.0. The molecule has 3 aromatic rings. The van der Waals surface area contributed by atoms with Crippen molar-refractivity contribution in [2.24, 2.45) is 5.41 Å². The topological polar surface area (TPSA) is 39.1 Å². The Kier molecular flexibility index (Phi) is 5.54. The Labute approximate surface area is 181 Å². The molecule has 1 atom stereocenters. The minimum absolute atomic E-state index is 0.00815. The van der Waals surface area contributed by atoms with Gasteiger partial charge in [-0.2, -0.15) is 0 Å². The van der Waals surface area contributed by atoms with Crippen LogP contribution in [-0.4, -0.2) is 14.6 Å². The van der Waals surface area contributed by atoms with E-state index in [4.69, 9.17) is 0 Å². The van der Waals surface area contributed by atoms with E-state index in [-0.39, 0.29) is 11.2 Å². The van der Waals surface area contributed by atoms with Crippen LogP contribution in [0.4, 0.5) is 0 Å². The minimum Gasteiger partial charge on any atom is -0.348 e. The molecule has 4 heteroatoms. The summed E-state index contributed by atoms with van der Waals surface area (Å²) in [6.45, 7) is 9.47. The van der Waals surface area contributed by atoms with Crippen LogP contribution in [0.25, 0.3) is 0 Å². The number of benzene rings is 2. The van der Waals surface area contributed by atoms with Crippen LogP contribution in [0, 0.1) is 12.3 Å². The number of carbonyl (C=O) groups excluding carboxylic acids is 1. The zero-order chi connectivity index (χ0) is 21.5. The summed E-state index contributed by atoms with van der Waals surface area (Å²) >= 11 is 0. The molecule has 0 radical (unpaired) electrons. The smallest absolute Gasteiger partial charge is 0.165 e. The Morgan fingerprint density at radius 1 is 1.00 bits per heavy atom. The number of Topliss-reactive ketones (excluding diaryl/α,β-unsaturated/α-hetero) is 1. The van der Waals surface area contributed by atoms with Gasteiger partial charge in [0.2, 0.25) is 0 Å². The van der Waals surface area contributed by atoms with Gasteiger partial charge in [0.05, 0.1) is 10.8 Å². The van der Waals surface area contributed by atoms with Gasteiger partial charge in [-0.3, -0.25) is 4.79 Å². The molecular weight excluding hydrogens is 390 g/mol. The van der Waals surface area contributed by atoms with Gasteiger partial charge >= 0.3 is 0 Å². The molecule has 0 fully saturated rings. The summed E-state index contributed by atoms with van der Waals surface area (Å²) < 4.78 is 15.6. The summed E-state index contributed by atoms with van der Waals surface area (Å²) in [7, 11) is -1.25. The number of carbonyl (C=O) groups is 1. The molecule has 1 aliphatic carbocycles. The molecule has 1 unspecified atom stereocenters. The van der Waals surface area contributed by atoms with Crippen LogP contribution in [-0.2, 0) is 30.2 Å². The van der Waals surface area contributed by atoms with E-state index >= 15 is 0 Å². The Bertz CT molecular complexity index is 1130. The van der Waals surface area contributed by atoms with Crippen LogP contribution in [0.5, 0.6) is 0 Å². The molecule has 0 N–H and O–H groups in total. The van der Waals surface area contributed by atoms with Crippen LogP contribution in [0.1, 0.15) is 60.1 Å². The second kappa shape index (κ2) is 7.99. The van der Waals surface area contributed by atoms with Gasteiger partial charge in [0.15, 0.2) is 5.78 Å². The number of hydrogen-bond donors (Lipinski definition) is 0. The van der Waals surface area contributed by atoms with E-state index in [2.05, 4.69) is 32.3 Å². The van der Waals surface area contributed by atoms with Crippen molar-refractivity contribution in [3.63, 3.8) is 0 Å². The van der Waals surface area contributed by atoms with Gasteiger partial charge in [0, 0.05) is 46.1 Å². The van der Waals surface area contributed by atoms with Gasteiger partial charge < -0.3 is 4.57 Å². The normalized spacial score (nSPS) is 16.3. The fourth-order valence-electron chi connectivity index (χ4n) is 4.74. The molecular formula is C26H29NO2S. The van der Waals surface area contributed by atoms with Crippen LogP contribution >= 0.6 is 0 Å². The van der Waals surface area contributed by atoms with Crippen molar-refractivity contribution in [1.82, 2.24) is 4.57 Å². The van der Waals surface area contributed by atoms with Gasteiger partial charge in [-0.25, -0.2) is 4.21 Å². The maximum Gasteiger partial charge on any atom is 0.165 e. The molecule has 0 saturated carbocycles. The number of rotatable bonds is 5. The number of nitrogens with zero attached hydrogens (tertiary/aromatic N) is 1. The monoisotopic (exact) mass is 419 g/mol. The largest absolute Gasteiger partial charge is 0.348 e. The number of ketones is 1. The first-order valence-electron chi connectivity index (χ1n) is 10.6. The van der Waals surface area contributed by atoms with Gasteiger partial charge in [-0.1, -0.05) is 50.2 Å². The molecule has 1 aliphatic rings. The number of aromatic nitrogens is 1. The van der Waals surface area contributed by atoms with Crippen LogP contribution in [0.3, 0.4) is 0 Å². The standard InChI is InChI=1S/C26H29NO2S/c1-5-27-18(2)21(25-22(27)16-26(3,4)17-23(25)28)15-19-11-9-10-14-24(19)30(29)20-12-7-6-8-13-20/h6-14H,5,15-17H2,1-4H3. The summed E-state index contributed by atoms with van der Waals surface area (Å²) in [4.78, 5) is 14.8. The van der Waals surface area contributed by atoms with E-state index in [0.717, 1.165) is 45.1 Å². The second-order valence-electron chi connectivity index (χ2n) is 8.94. The highest BCUT2D eigenvalue weighted by Crippen LogP contribution is 2.39. The third-order valence-corrected chi connectivity index (χ3v) is 7.63. The first-order chi connectivity index (χ1) is 14.3. The first kappa shape index (κ1) is 20.8. The lowest BCUT2D eigenvalue weighted by molar-refractivity contribution is 0.0909. The molecule has 0 spiro atoms. The van der Waals surface area contributed by atoms with Crippen molar-refractivity contribution in [2.75, 3.05) is 0 Å². The molecule has 0 saturated heterocycles. The van der Waals surface area contributed by atoms with E-state index in [1.54, 1.807) is 0 Å². The van der Waals surface area contributed by atoms with Gasteiger partial charge in [0.25, 0.3) is 0 Å². The van der Waals surface area contributed by atoms with Crippen LogP contribution < -0.4 is 0 Å². The van der Waals surface area contributed by atoms with Crippen LogP contribution in [0.15, 0.2) is 64.4 Å². The molecule has 3 nitrogen and oxygen atoms in total. The minimum atomic E-state index is -1.25. The van der Waals surface area contributed by atoms with Gasteiger partial charge in [-0.05, 0) is 55.0 Å². The highest BCUT2D eigenvalue weighted by atomic mass is 32.2. The van der Waals surface area contributed by atoms with Crippen molar-refractivity contribution < 1.29 is 9.00 Å². The molecule has 156 valence electrons. The zero-order valence-electron chi connectivity index (χ0n) is 18.2. The summed E-state index contributed by atoms with van der Waals surface area (Å²) in [5.74, 6) is 0.244. The molecule has 0 amide bonds. The average Bonchev–Trinajstić information content (AvgIpc) is 2.98. The fraction of sp³-hybridized carbons (Fsp3) is 0.346. The third-order valence-electron chi connectivity index (χ3n) is 6.13. The van der Waals surface area contributed by atoms with Crippen molar-refractivity contribution in [2.45, 2.75) is 63.3 Å². The van der Waals surface area contributed by atoms with E-state index in [1.165, 1.54) is 5.69 Å². The van der Waals surface area contributed by atoms with E-state index < -0.39 is 10.8 Å². The maximum absolute atomic E-state index is 13.3. The summed E-state index contributed by atoms with van der Waals surface area (Å²) in [6.07, 6.45) is 2.13. The Morgan fingerprint density at radius 3 is 2.37 bits per heavy atom. The maximum atomic E-state index is 13.3. The second-order valence-corrected chi connectivity index (χ2v) is 10.4. The SMILES string of the molecule is CCn1c(C)c(Cc2ccccc2S(=O)c2ccccc2)c2c1CC(C)(C)CC2=O. The molecule has 1 heterocycles. The molecule has 0 bridgehead atoms. The highest BCUT2D eigenvalue weighted by Gasteiger charge is 2.36. The summed E-state index contributed by atoms with van der Waals surface area (Å²) in [6, 6.07) is 17.5. The molecule has 30 heavy (non-hydrogen) atoms. The van der Waals surface area contributed by atoms with E-state index in [1.807, 2.05) is 54.6 Å². The molecule has 1 aromatic heterocycles. The first-order valence-corrected chi connectivity index (χ1v) is 11.8. The lowest BCUT2D eigenvalue weighted by Crippen LogP contribution is -2.28. The highest BCUT2D eigenvalue weighted by molar-refractivity contribution is 7.85. The third kappa shape index (κ3) is 3.69. The Morgan fingerprint density at radius 2 is 1.67 bits per heavy atom. The number of hydrogen-bond acceptors (Lipinski definition) is 2. The quantitative estimate of drug-likeness (QED) is 0.530. The molecule has 2 aromatic carbocycles. The lowest BCUT2D eigenvalue weighted by atomic mass is 9.75. The molecule has 0 aliphatic heterocycles. The number of fused-ring (bicyclic) bond motifs is 1. The van der Waals surface area contributed by atoms with Crippen LogP contribution in [0.2, 0.25) is 0 Å². The fourth-order valence-corrected chi connectivity index (χ4v) is 5.98. The van der Waals surface area contributed by atoms with E-state index in [9.17, 15) is 9.00 Å². The van der Waals surface area contributed by atoms with Crippen molar-refractivity contribution in [1.29, 1.82) is 0 Å².